The first-order chi connectivity index (χ1) is 7.99. The first-order valence-corrected chi connectivity index (χ1v) is 6.80. The monoisotopic (exact) mass is 352 g/mol. The topological polar surface area (TPSA) is 17.1 Å². The number of hydrogen-bond acceptors (Lipinski definition) is 2. The largest absolute Gasteiger partial charge is 0.288 e. The number of carbonyl (C=O) groups is 1. The van der Waals surface area contributed by atoms with Crippen LogP contribution in [0.25, 0.3) is 0 Å². The Labute approximate surface area is 119 Å². The van der Waals surface area contributed by atoms with Gasteiger partial charge in [0.25, 0.3) is 0 Å². The van der Waals surface area contributed by atoms with E-state index in [2.05, 4.69) is 15.9 Å². The predicted octanol–water partition coefficient (Wildman–Crippen LogP) is 5.19. The van der Waals surface area contributed by atoms with Crippen molar-refractivity contribution in [3.63, 3.8) is 0 Å². The summed E-state index contributed by atoms with van der Waals surface area (Å²) in [5, 5.41) is 0. The fourth-order valence-electron chi connectivity index (χ4n) is 1.31. The van der Waals surface area contributed by atoms with Crippen LogP contribution in [0, 0.1) is 5.82 Å². The van der Waals surface area contributed by atoms with E-state index < -0.39 is 11.6 Å². The third kappa shape index (κ3) is 2.71. The fraction of sp³-hybridized carbons (Fsp3) is 0. The Morgan fingerprint density at radius 3 is 2.47 bits per heavy atom. The van der Waals surface area contributed by atoms with E-state index in [0.29, 0.717) is 8.81 Å². The van der Waals surface area contributed by atoms with Gasteiger partial charge in [0.2, 0.25) is 0 Å². The van der Waals surface area contributed by atoms with Gasteiger partial charge in [-0.05, 0) is 24.3 Å². The fourth-order valence-corrected chi connectivity index (χ4v) is 3.11. The molecule has 1 aromatic heterocycles. The molecule has 0 fully saturated rings. The Morgan fingerprint density at radius 1 is 1.24 bits per heavy atom. The molecule has 0 bridgehead atoms. The summed E-state index contributed by atoms with van der Waals surface area (Å²) in [6.45, 7) is 0. The molecule has 0 saturated heterocycles. The second-order valence-electron chi connectivity index (χ2n) is 3.19. The highest BCUT2D eigenvalue weighted by Gasteiger charge is 2.19. The molecule has 88 valence electrons. The van der Waals surface area contributed by atoms with Crippen LogP contribution in [0.15, 0.2) is 28.7 Å². The molecular formula is C11H4BrCl2FOS. The van der Waals surface area contributed by atoms with Gasteiger partial charge in [-0.3, -0.25) is 4.79 Å². The van der Waals surface area contributed by atoms with Gasteiger partial charge in [-0.2, -0.15) is 0 Å². The molecule has 0 unspecified atom stereocenters. The van der Waals surface area contributed by atoms with Gasteiger partial charge in [0, 0.05) is 4.47 Å². The van der Waals surface area contributed by atoms with Crippen molar-refractivity contribution in [3.05, 3.63) is 54.4 Å². The van der Waals surface area contributed by atoms with Gasteiger partial charge < -0.3 is 0 Å². The average Bonchev–Trinajstić information content (AvgIpc) is 2.57. The van der Waals surface area contributed by atoms with E-state index in [1.807, 2.05) is 0 Å². The molecule has 0 N–H and O–H groups in total. The Hall–Kier alpha value is -0.420. The van der Waals surface area contributed by atoms with Crippen LogP contribution in [0.2, 0.25) is 8.67 Å². The van der Waals surface area contributed by atoms with Crippen molar-refractivity contribution in [2.75, 3.05) is 0 Å². The van der Waals surface area contributed by atoms with Crippen LogP contribution in [-0.4, -0.2) is 5.78 Å². The van der Waals surface area contributed by atoms with E-state index in [9.17, 15) is 9.18 Å². The molecule has 0 aliphatic carbocycles. The molecule has 1 aromatic carbocycles. The number of hydrogen-bond donors (Lipinski definition) is 0. The van der Waals surface area contributed by atoms with Gasteiger partial charge in [-0.15, -0.1) is 11.3 Å². The molecule has 0 atom stereocenters. The highest BCUT2D eigenvalue weighted by molar-refractivity contribution is 9.10. The van der Waals surface area contributed by atoms with Crippen molar-refractivity contribution in [1.82, 2.24) is 0 Å². The van der Waals surface area contributed by atoms with Crippen LogP contribution in [0.5, 0.6) is 0 Å². The second-order valence-corrected chi connectivity index (χ2v) is 6.39. The summed E-state index contributed by atoms with van der Waals surface area (Å²) in [6, 6.07) is 5.68. The molecule has 2 aromatic rings. The number of carbonyl (C=O) groups excluding carboxylic acids is 1. The van der Waals surface area contributed by atoms with Crippen LogP contribution in [0.1, 0.15) is 15.9 Å². The molecule has 2 rings (SSSR count). The maximum Gasteiger partial charge on any atom is 0.198 e. The highest BCUT2D eigenvalue weighted by Crippen LogP contribution is 2.33. The van der Waals surface area contributed by atoms with Crippen LogP contribution in [0.3, 0.4) is 0 Å². The lowest BCUT2D eigenvalue weighted by Crippen LogP contribution is -2.03. The van der Waals surface area contributed by atoms with E-state index >= 15 is 0 Å². The SMILES string of the molecule is O=C(c1ccc(Br)cc1F)c1cc(Cl)sc1Cl. The molecule has 1 nitrogen and oxygen atoms in total. The summed E-state index contributed by atoms with van der Waals surface area (Å²) < 4.78 is 14.8. The minimum Gasteiger partial charge on any atom is -0.288 e. The summed E-state index contributed by atoms with van der Waals surface area (Å²) in [5.41, 5.74) is 0.201. The van der Waals surface area contributed by atoms with Crippen LogP contribution >= 0.6 is 50.5 Å². The molecule has 0 radical (unpaired) electrons. The molecule has 6 heteroatoms. The van der Waals surface area contributed by atoms with Gasteiger partial charge in [0.1, 0.15) is 10.2 Å². The standard InChI is InChI=1S/C11H4BrCl2FOS/c12-5-1-2-6(8(15)3-5)10(16)7-4-9(13)17-11(7)14/h1-4H. The predicted molar refractivity (Wildman–Crippen MR) is 71.9 cm³/mol. The Morgan fingerprint density at radius 2 is 1.94 bits per heavy atom. The summed E-state index contributed by atoms with van der Waals surface area (Å²) in [5.74, 6) is -1.06. The molecule has 0 aliphatic heterocycles. The molecule has 0 spiro atoms. The number of halogens is 4. The summed E-state index contributed by atoms with van der Waals surface area (Å²) in [6.07, 6.45) is 0. The molecule has 0 saturated carbocycles. The number of ketones is 1. The van der Waals surface area contributed by atoms with E-state index in [-0.39, 0.29) is 15.5 Å². The Bertz CT molecular complexity index is 597. The number of benzene rings is 1. The molecule has 1 heterocycles. The van der Waals surface area contributed by atoms with E-state index in [0.717, 1.165) is 11.3 Å². The van der Waals surface area contributed by atoms with Crippen molar-refractivity contribution in [3.8, 4) is 0 Å². The third-order valence-corrected chi connectivity index (χ3v) is 4.06. The van der Waals surface area contributed by atoms with Crippen LogP contribution in [0.4, 0.5) is 4.39 Å². The normalized spacial score (nSPS) is 10.6. The highest BCUT2D eigenvalue weighted by atomic mass is 79.9. The zero-order chi connectivity index (χ0) is 12.6. The maximum absolute atomic E-state index is 13.6. The lowest BCUT2D eigenvalue weighted by Gasteiger charge is -2.01. The first-order valence-electron chi connectivity index (χ1n) is 4.43. The molecule has 17 heavy (non-hydrogen) atoms. The second kappa shape index (κ2) is 5.06. The zero-order valence-electron chi connectivity index (χ0n) is 8.14. The first kappa shape index (κ1) is 13.0. The molecule has 0 aliphatic rings. The van der Waals surface area contributed by atoms with Gasteiger partial charge in [-0.1, -0.05) is 39.1 Å². The van der Waals surface area contributed by atoms with E-state index in [1.165, 1.54) is 18.2 Å². The number of rotatable bonds is 2. The van der Waals surface area contributed by atoms with E-state index in [4.69, 9.17) is 23.2 Å². The van der Waals surface area contributed by atoms with Crippen molar-refractivity contribution in [2.24, 2.45) is 0 Å². The smallest absolute Gasteiger partial charge is 0.198 e. The van der Waals surface area contributed by atoms with Crippen LogP contribution < -0.4 is 0 Å². The minimum atomic E-state index is -0.595. The van der Waals surface area contributed by atoms with Crippen molar-refractivity contribution in [1.29, 1.82) is 0 Å². The number of thiophene rings is 1. The maximum atomic E-state index is 13.6. The third-order valence-electron chi connectivity index (χ3n) is 2.08. The van der Waals surface area contributed by atoms with Gasteiger partial charge in [0.15, 0.2) is 5.78 Å². The van der Waals surface area contributed by atoms with E-state index in [1.54, 1.807) is 6.07 Å². The van der Waals surface area contributed by atoms with Gasteiger partial charge in [0.05, 0.1) is 15.5 Å². The Kier molecular flexibility index (Phi) is 3.88. The minimum absolute atomic E-state index is 0.0235. The quantitative estimate of drug-likeness (QED) is 0.679. The zero-order valence-corrected chi connectivity index (χ0v) is 12.1. The average molecular weight is 354 g/mol. The van der Waals surface area contributed by atoms with Gasteiger partial charge in [-0.25, -0.2) is 4.39 Å². The molecule has 0 amide bonds. The summed E-state index contributed by atoms with van der Waals surface area (Å²) >= 11 is 15.8. The lowest BCUT2D eigenvalue weighted by atomic mass is 10.1. The van der Waals surface area contributed by atoms with Gasteiger partial charge >= 0.3 is 0 Å². The van der Waals surface area contributed by atoms with Crippen molar-refractivity contribution < 1.29 is 9.18 Å². The molecular weight excluding hydrogens is 350 g/mol. The Balaban J connectivity index is 2.47. The summed E-state index contributed by atoms with van der Waals surface area (Å²) in [7, 11) is 0. The lowest BCUT2D eigenvalue weighted by molar-refractivity contribution is 0.103. The van der Waals surface area contributed by atoms with Crippen molar-refractivity contribution in [2.45, 2.75) is 0 Å². The van der Waals surface area contributed by atoms with Crippen molar-refractivity contribution >= 4 is 56.3 Å². The summed E-state index contributed by atoms with van der Waals surface area (Å²) in [4.78, 5) is 12.0. The van der Waals surface area contributed by atoms with Crippen LogP contribution in [-0.2, 0) is 0 Å².